The molecule has 94 heavy (non-hydrogen) atoms. The average molecular weight is 1330 g/mol. The van der Waals surface area contributed by atoms with Gasteiger partial charge in [-0.1, -0.05) is 245 Å². The zero-order chi connectivity index (χ0) is 68.2. The summed E-state index contributed by atoms with van der Waals surface area (Å²) in [6.45, 7) is 1.53. The second kappa shape index (κ2) is 55.3. The van der Waals surface area contributed by atoms with E-state index in [1.165, 1.54) is 128 Å². The van der Waals surface area contributed by atoms with Crippen molar-refractivity contribution in [3.8, 4) is 0 Å². The average Bonchev–Trinajstić information content (AvgIpc) is 0.787. The Balaban J connectivity index is 1.45. The lowest BCUT2D eigenvalue weighted by atomic mass is 9.96. The van der Waals surface area contributed by atoms with E-state index in [9.17, 15) is 61.0 Å². The molecule has 0 aromatic carbocycles. The Bertz CT molecular complexity index is 2130. The summed E-state index contributed by atoms with van der Waals surface area (Å²) in [5, 5.41) is 120. The van der Waals surface area contributed by atoms with Crippen molar-refractivity contribution in [3.05, 3.63) is 109 Å². The third-order valence-electron chi connectivity index (χ3n) is 17.3. The minimum atomic E-state index is -2.00. The van der Waals surface area contributed by atoms with Gasteiger partial charge in [0.2, 0.25) is 5.91 Å². The number of carbonyl (C=O) groups excluding carboxylic acids is 1. The first kappa shape index (κ1) is 84.7. The molecule has 0 spiro atoms. The zero-order valence-electron chi connectivity index (χ0n) is 57.1. The van der Waals surface area contributed by atoms with Crippen molar-refractivity contribution in [2.24, 2.45) is 0 Å². The fourth-order valence-corrected chi connectivity index (χ4v) is 11.5. The van der Waals surface area contributed by atoms with E-state index < -0.39 is 131 Å². The molecule has 3 heterocycles. The molecule has 3 aliphatic rings. The van der Waals surface area contributed by atoms with E-state index in [2.05, 4.69) is 104 Å². The fourth-order valence-electron chi connectivity index (χ4n) is 11.5. The molecule has 0 aliphatic carbocycles. The van der Waals surface area contributed by atoms with E-state index in [4.69, 9.17) is 28.4 Å². The molecule has 19 heteroatoms. The van der Waals surface area contributed by atoms with Crippen LogP contribution in [0.4, 0.5) is 0 Å². The summed E-state index contributed by atoms with van der Waals surface area (Å²) in [6, 6.07) is -1.05. The summed E-state index contributed by atoms with van der Waals surface area (Å²) < 4.78 is 34.3. The maximum atomic E-state index is 13.4. The number of unbranched alkanes of at least 4 members (excludes halogenated alkanes) is 22. The van der Waals surface area contributed by atoms with Crippen LogP contribution in [0.15, 0.2) is 109 Å². The molecule has 3 saturated heterocycles. The minimum Gasteiger partial charge on any atom is -0.394 e. The largest absolute Gasteiger partial charge is 0.394 e. The number of aliphatic hydroxyl groups excluding tert-OH is 11. The van der Waals surface area contributed by atoms with Crippen molar-refractivity contribution in [1.29, 1.82) is 0 Å². The first-order chi connectivity index (χ1) is 45.8. The van der Waals surface area contributed by atoms with Crippen LogP contribution >= 0.6 is 0 Å². The zero-order valence-corrected chi connectivity index (χ0v) is 57.1. The van der Waals surface area contributed by atoms with Gasteiger partial charge in [-0.25, -0.2) is 0 Å². The molecule has 3 aliphatic heterocycles. The van der Waals surface area contributed by atoms with Gasteiger partial charge in [0.1, 0.15) is 73.2 Å². The molecule has 3 fully saturated rings. The van der Waals surface area contributed by atoms with Gasteiger partial charge >= 0.3 is 0 Å². The molecule has 0 aromatic heterocycles. The highest BCUT2D eigenvalue weighted by Gasteiger charge is 2.53. The molecular weight excluding hydrogens is 1200 g/mol. The van der Waals surface area contributed by atoms with Crippen molar-refractivity contribution in [3.63, 3.8) is 0 Å². The van der Waals surface area contributed by atoms with Crippen LogP contribution in [0.1, 0.15) is 226 Å². The van der Waals surface area contributed by atoms with E-state index in [-0.39, 0.29) is 12.3 Å². The summed E-state index contributed by atoms with van der Waals surface area (Å²) >= 11 is 0. The molecule has 0 aromatic rings. The van der Waals surface area contributed by atoms with Crippen molar-refractivity contribution < 1.29 is 89.4 Å². The second-order valence-corrected chi connectivity index (χ2v) is 25.3. The van der Waals surface area contributed by atoms with Crippen molar-refractivity contribution in [1.82, 2.24) is 5.32 Å². The number of aliphatic hydroxyl groups is 11. The van der Waals surface area contributed by atoms with Gasteiger partial charge in [0.15, 0.2) is 18.9 Å². The molecule has 12 N–H and O–H groups in total. The van der Waals surface area contributed by atoms with Crippen LogP contribution in [0, 0.1) is 0 Å². The van der Waals surface area contributed by atoms with Crippen molar-refractivity contribution >= 4 is 5.91 Å². The van der Waals surface area contributed by atoms with Gasteiger partial charge in [-0.15, -0.1) is 0 Å². The number of hydrogen-bond donors (Lipinski definition) is 12. The summed E-state index contributed by atoms with van der Waals surface area (Å²) in [4.78, 5) is 13.4. The van der Waals surface area contributed by atoms with Crippen LogP contribution in [0.5, 0.6) is 0 Å². The summed E-state index contributed by atoms with van der Waals surface area (Å²) in [6.07, 6.45) is 48.1. The molecule has 0 bridgehead atoms. The van der Waals surface area contributed by atoms with Crippen molar-refractivity contribution in [2.45, 2.75) is 330 Å². The lowest BCUT2D eigenvalue weighted by Crippen LogP contribution is -2.66. The van der Waals surface area contributed by atoms with Gasteiger partial charge in [-0.2, -0.15) is 0 Å². The first-order valence-corrected chi connectivity index (χ1v) is 36.1. The number of hydrogen-bond acceptors (Lipinski definition) is 18. The van der Waals surface area contributed by atoms with Crippen LogP contribution in [0.3, 0.4) is 0 Å². The van der Waals surface area contributed by atoms with Crippen LogP contribution in [-0.4, -0.2) is 193 Å². The molecule has 0 radical (unpaired) electrons. The Hall–Kier alpha value is -3.55. The number of ether oxygens (including phenoxy) is 6. The maximum absolute atomic E-state index is 13.4. The van der Waals surface area contributed by atoms with E-state index in [1.807, 2.05) is 18.2 Å². The van der Waals surface area contributed by atoms with Gasteiger partial charge in [-0.05, 0) is 83.5 Å². The molecule has 19 nitrogen and oxygen atoms in total. The fraction of sp³-hybridized carbons (Fsp3) is 0.747. The number of allylic oxidation sites excluding steroid dienone is 17. The Labute approximate surface area is 564 Å². The standard InChI is InChI=1S/C75H127NO18/c1-3-5-7-9-11-13-15-17-19-21-23-24-25-26-27-28-29-30-31-32-33-35-36-38-40-42-44-46-48-50-52-59(80)58(76-63(81)53-51-49-47-45-43-41-39-37-34-22-20-18-16-14-12-10-8-6-4-2)57-89-73-69(87)66(84)71(61(55-78)91-73)94-75-70(88)67(85)72(62(56-79)92-75)93-74-68(86)65(83)64(82)60(54-77)90-74/h6,8,12,14,18,20,34-37,41-44,47,49-50,52,58-62,64-75,77-80,82-88H,3-5,7,9-11,13,15-17,19,21-33,38-40,45-46,48,51,53-57H2,1-2H3,(H,76,81)/b8-6-,14-12-,20-18-,36-35+,37-34-,43-41-,44-42+,49-47-,52-50+. The van der Waals surface area contributed by atoms with Gasteiger partial charge in [0.05, 0.1) is 38.6 Å². The predicted molar refractivity (Wildman–Crippen MR) is 369 cm³/mol. The minimum absolute atomic E-state index is 0.100. The monoisotopic (exact) mass is 1330 g/mol. The molecular formula is C75H127NO18. The topological polar surface area (TPSA) is 307 Å². The summed E-state index contributed by atoms with van der Waals surface area (Å²) in [7, 11) is 0. The molecule has 17 atom stereocenters. The van der Waals surface area contributed by atoms with E-state index >= 15 is 0 Å². The van der Waals surface area contributed by atoms with Crippen LogP contribution < -0.4 is 5.32 Å². The van der Waals surface area contributed by atoms with Gasteiger partial charge in [0.25, 0.3) is 0 Å². The third kappa shape index (κ3) is 36.3. The van der Waals surface area contributed by atoms with E-state index in [0.29, 0.717) is 19.3 Å². The lowest BCUT2D eigenvalue weighted by molar-refractivity contribution is -0.379. The number of nitrogens with one attached hydrogen (secondary N) is 1. The van der Waals surface area contributed by atoms with Gasteiger partial charge < -0.3 is 89.9 Å². The molecule has 540 valence electrons. The van der Waals surface area contributed by atoms with E-state index in [0.717, 1.165) is 57.8 Å². The Kier molecular flexibility index (Phi) is 49.9. The van der Waals surface area contributed by atoms with Gasteiger partial charge in [0, 0.05) is 6.42 Å². The van der Waals surface area contributed by atoms with Gasteiger partial charge in [-0.3, -0.25) is 4.79 Å². The highest BCUT2D eigenvalue weighted by Crippen LogP contribution is 2.33. The van der Waals surface area contributed by atoms with Crippen molar-refractivity contribution in [2.75, 3.05) is 26.4 Å². The Morgan fingerprint density at radius 3 is 1.18 bits per heavy atom. The Morgan fingerprint density at radius 2 is 0.745 bits per heavy atom. The van der Waals surface area contributed by atoms with E-state index in [1.54, 1.807) is 6.08 Å². The van der Waals surface area contributed by atoms with Crippen LogP contribution in [-0.2, 0) is 33.2 Å². The normalized spacial score (nSPS) is 28.0. The SMILES string of the molecule is CC/C=C\C/C=C\C/C=C\C/C=C\C/C=C\C/C=C\CCC(=O)NC(COC1OC(CO)C(OC2OC(CO)C(OC3OC(CO)C(O)C(O)C3O)C(O)C2O)C(O)C1O)C(O)/C=C/CC/C=C/CC/C=C/CCCCCCCCCCCCCCCCCCCCCC. The third-order valence-corrected chi connectivity index (χ3v) is 17.3. The quantitative estimate of drug-likeness (QED) is 0.0199. The van der Waals surface area contributed by atoms with Crippen LogP contribution in [0.2, 0.25) is 0 Å². The van der Waals surface area contributed by atoms with Crippen LogP contribution in [0.25, 0.3) is 0 Å². The molecule has 1 amide bonds. The highest BCUT2D eigenvalue weighted by molar-refractivity contribution is 5.76. The highest BCUT2D eigenvalue weighted by atomic mass is 16.8. The number of amides is 1. The summed E-state index contributed by atoms with van der Waals surface area (Å²) in [5.74, 6) is -0.375. The maximum Gasteiger partial charge on any atom is 0.220 e. The Morgan fingerprint density at radius 1 is 0.394 bits per heavy atom. The first-order valence-electron chi connectivity index (χ1n) is 36.1. The number of rotatable bonds is 54. The number of carbonyl (C=O) groups is 1. The molecule has 3 rings (SSSR count). The predicted octanol–water partition coefficient (Wildman–Crippen LogP) is 10.2. The molecule has 17 unspecified atom stereocenters. The smallest absolute Gasteiger partial charge is 0.220 e. The molecule has 0 saturated carbocycles. The second-order valence-electron chi connectivity index (χ2n) is 25.3. The summed E-state index contributed by atoms with van der Waals surface area (Å²) in [5.41, 5.74) is 0. The lowest BCUT2D eigenvalue weighted by Gasteiger charge is -2.48.